The van der Waals surface area contributed by atoms with E-state index < -0.39 is 16.1 Å². The van der Waals surface area contributed by atoms with Gasteiger partial charge in [-0.05, 0) is 55.8 Å². The van der Waals surface area contributed by atoms with Gasteiger partial charge in [0.1, 0.15) is 0 Å². The summed E-state index contributed by atoms with van der Waals surface area (Å²) in [6, 6.07) is 22.7. The van der Waals surface area contributed by atoms with E-state index in [1.54, 1.807) is 24.3 Å². The van der Waals surface area contributed by atoms with Crippen LogP contribution in [-0.2, 0) is 14.8 Å². The SMILES string of the molecule is CC(=O)Nc1ccc(S(=O)(=O)N(c2ccccc2)C(C)c2cccc(C)c2)cc1. The highest BCUT2D eigenvalue weighted by Crippen LogP contribution is 2.33. The maximum atomic E-state index is 13.6. The molecule has 0 fully saturated rings. The predicted molar refractivity (Wildman–Crippen MR) is 116 cm³/mol. The fourth-order valence-corrected chi connectivity index (χ4v) is 4.88. The number of amides is 1. The third-order valence-corrected chi connectivity index (χ3v) is 6.53. The Balaban J connectivity index is 2.06. The van der Waals surface area contributed by atoms with Crippen LogP contribution in [0.3, 0.4) is 0 Å². The average molecular weight is 409 g/mol. The Kier molecular flexibility index (Phi) is 6.03. The molecule has 29 heavy (non-hydrogen) atoms. The molecule has 0 radical (unpaired) electrons. The van der Waals surface area contributed by atoms with Crippen LogP contribution in [0.15, 0.2) is 83.8 Å². The van der Waals surface area contributed by atoms with E-state index in [4.69, 9.17) is 0 Å². The standard InChI is InChI=1S/C23H24N2O3S/c1-17-8-7-9-20(16-17)18(2)25(22-10-5-4-6-11-22)29(27,28)23-14-12-21(13-15-23)24-19(3)26/h4-16,18H,1-3H3,(H,24,26). The van der Waals surface area contributed by atoms with Gasteiger partial charge in [0.25, 0.3) is 10.0 Å². The second-order valence-electron chi connectivity index (χ2n) is 6.93. The van der Waals surface area contributed by atoms with Crippen LogP contribution < -0.4 is 9.62 Å². The summed E-state index contributed by atoms with van der Waals surface area (Å²) in [5.74, 6) is -0.209. The molecule has 3 rings (SSSR count). The van der Waals surface area contributed by atoms with Gasteiger partial charge in [-0.2, -0.15) is 0 Å². The number of hydrogen-bond acceptors (Lipinski definition) is 3. The molecule has 0 aliphatic rings. The zero-order chi connectivity index (χ0) is 21.0. The number of hydrogen-bond donors (Lipinski definition) is 1. The van der Waals surface area contributed by atoms with E-state index in [0.29, 0.717) is 11.4 Å². The van der Waals surface area contributed by atoms with Crippen molar-refractivity contribution in [3.05, 3.63) is 90.0 Å². The van der Waals surface area contributed by atoms with Gasteiger partial charge in [0.15, 0.2) is 0 Å². The molecule has 0 aromatic heterocycles. The molecule has 3 aromatic carbocycles. The third kappa shape index (κ3) is 4.66. The molecule has 0 saturated heterocycles. The van der Waals surface area contributed by atoms with Gasteiger partial charge in [-0.15, -0.1) is 0 Å². The van der Waals surface area contributed by atoms with Crippen LogP contribution in [0.25, 0.3) is 0 Å². The Morgan fingerprint density at radius 2 is 1.59 bits per heavy atom. The quantitative estimate of drug-likeness (QED) is 0.630. The first-order valence-electron chi connectivity index (χ1n) is 9.33. The van der Waals surface area contributed by atoms with Gasteiger partial charge in [0.05, 0.1) is 16.6 Å². The Morgan fingerprint density at radius 1 is 0.931 bits per heavy atom. The number of nitrogens with zero attached hydrogens (tertiary/aromatic N) is 1. The van der Waals surface area contributed by atoms with Crippen LogP contribution in [0.1, 0.15) is 31.0 Å². The zero-order valence-corrected chi connectivity index (χ0v) is 17.5. The molecule has 0 bridgehead atoms. The number of aryl methyl sites for hydroxylation is 1. The van der Waals surface area contributed by atoms with E-state index in [0.717, 1.165) is 11.1 Å². The lowest BCUT2D eigenvalue weighted by molar-refractivity contribution is -0.114. The summed E-state index contributed by atoms with van der Waals surface area (Å²) in [5.41, 5.74) is 3.12. The lowest BCUT2D eigenvalue weighted by atomic mass is 10.1. The number of rotatable bonds is 6. The van der Waals surface area contributed by atoms with Crippen molar-refractivity contribution in [3.63, 3.8) is 0 Å². The molecule has 0 spiro atoms. The molecule has 3 aromatic rings. The smallest absolute Gasteiger partial charge is 0.264 e. The normalized spacial score (nSPS) is 12.2. The second-order valence-corrected chi connectivity index (χ2v) is 8.75. The summed E-state index contributed by atoms with van der Waals surface area (Å²) in [6.07, 6.45) is 0. The zero-order valence-electron chi connectivity index (χ0n) is 16.7. The highest BCUT2D eigenvalue weighted by molar-refractivity contribution is 7.92. The van der Waals surface area contributed by atoms with Crippen molar-refractivity contribution >= 4 is 27.3 Å². The summed E-state index contributed by atoms with van der Waals surface area (Å²) >= 11 is 0. The van der Waals surface area contributed by atoms with Gasteiger partial charge in [-0.1, -0.05) is 48.0 Å². The molecule has 1 N–H and O–H groups in total. The topological polar surface area (TPSA) is 66.5 Å². The predicted octanol–water partition coefficient (Wildman–Crippen LogP) is 4.91. The molecular weight excluding hydrogens is 384 g/mol. The Morgan fingerprint density at radius 3 is 2.17 bits per heavy atom. The summed E-state index contributed by atoms with van der Waals surface area (Å²) in [5, 5.41) is 2.65. The molecule has 1 unspecified atom stereocenters. The van der Waals surface area contributed by atoms with Crippen LogP contribution in [0.5, 0.6) is 0 Å². The van der Waals surface area contributed by atoms with Crippen LogP contribution in [-0.4, -0.2) is 14.3 Å². The number of carbonyl (C=O) groups excluding carboxylic acids is 1. The summed E-state index contributed by atoms with van der Waals surface area (Å²) in [6.45, 7) is 5.27. The van der Waals surface area contributed by atoms with E-state index in [-0.39, 0.29) is 10.8 Å². The molecule has 0 aliphatic heterocycles. The number of sulfonamides is 1. The summed E-state index contributed by atoms with van der Waals surface area (Å²) < 4.78 is 28.6. The number of benzene rings is 3. The average Bonchev–Trinajstić information content (AvgIpc) is 2.68. The maximum Gasteiger partial charge on any atom is 0.264 e. The van der Waals surface area contributed by atoms with Crippen LogP contribution in [0.2, 0.25) is 0 Å². The largest absolute Gasteiger partial charge is 0.326 e. The Hall–Kier alpha value is -3.12. The van der Waals surface area contributed by atoms with Crippen molar-refractivity contribution in [3.8, 4) is 0 Å². The minimum Gasteiger partial charge on any atom is -0.326 e. The highest BCUT2D eigenvalue weighted by atomic mass is 32.2. The summed E-state index contributed by atoms with van der Waals surface area (Å²) in [7, 11) is -3.84. The van der Waals surface area contributed by atoms with Gasteiger partial charge in [0, 0.05) is 12.6 Å². The monoisotopic (exact) mass is 408 g/mol. The van der Waals surface area contributed by atoms with Crippen LogP contribution in [0, 0.1) is 6.92 Å². The number of anilines is 2. The van der Waals surface area contributed by atoms with Gasteiger partial charge in [-0.25, -0.2) is 8.42 Å². The molecule has 1 amide bonds. The van der Waals surface area contributed by atoms with Crippen molar-refractivity contribution in [1.82, 2.24) is 0 Å². The first-order chi connectivity index (χ1) is 13.8. The van der Waals surface area contributed by atoms with Gasteiger partial charge < -0.3 is 5.32 Å². The second kappa shape index (κ2) is 8.49. The van der Waals surface area contributed by atoms with E-state index in [9.17, 15) is 13.2 Å². The van der Waals surface area contributed by atoms with E-state index in [1.165, 1.54) is 23.4 Å². The molecule has 0 heterocycles. The Labute approximate surface area is 172 Å². The summed E-state index contributed by atoms with van der Waals surface area (Å²) in [4.78, 5) is 11.4. The van der Waals surface area contributed by atoms with Gasteiger partial charge in [0.2, 0.25) is 5.91 Å². The van der Waals surface area contributed by atoms with Crippen molar-refractivity contribution in [2.24, 2.45) is 0 Å². The van der Waals surface area contributed by atoms with E-state index >= 15 is 0 Å². The molecule has 150 valence electrons. The van der Waals surface area contributed by atoms with Crippen molar-refractivity contribution in [1.29, 1.82) is 0 Å². The lowest BCUT2D eigenvalue weighted by Crippen LogP contribution is -2.33. The fourth-order valence-electron chi connectivity index (χ4n) is 3.24. The number of carbonyl (C=O) groups is 1. The van der Waals surface area contributed by atoms with Gasteiger partial charge >= 0.3 is 0 Å². The Bertz CT molecular complexity index is 1090. The first-order valence-corrected chi connectivity index (χ1v) is 10.8. The van der Waals surface area contributed by atoms with Crippen LogP contribution >= 0.6 is 0 Å². The molecule has 6 heteroatoms. The van der Waals surface area contributed by atoms with Crippen molar-refractivity contribution < 1.29 is 13.2 Å². The highest BCUT2D eigenvalue weighted by Gasteiger charge is 2.30. The minimum atomic E-state index is -3.84. The third-order valence-electron chi connectivity index (χ3n) is 4.62. The minimum absolute atomic E-state index is 0.162. The van der Waals surface area contributed by atoms with E-state index in [1.807, 2.05) is 56.3 Å². The number of nitrogens with one attached hydrogen (secondary N) is 1. The van der Waals surface area contributed by atoms with Gasteiger partial charge in [-0.3, -0.25) is 9.10 Å². The van der Waals surface area contributed by atoms with Crippen molar-refractivity contribution in [2.45, 2.75) is 31.7 Å². The van der Waals surface area contributed by atoms with E-state index in [2.05, 4.69) is 5.32 Å². The fraction of sp³-hybridized carbons (Fsp3) is 0.174. The first kappa shape index (κ1) is 20.6. The van der Waals surface area contributed by atoms with Crippen LogP contribution in [0.4, 0.5) is 11.4 Å². The molecular formula is C23H24N2O3S. The molecule has 5 nitrogen and oxygen atoms in total. The maximum absolute atomic E-state index is 13.6. The number of para-hydroxylation sites is 1. The lowest BCUT2D eigenvalue weighted by Gasteiger charge is -2.31. The van der Waals surface area contributed by atoms with Crippen molar-refractivity contribution in [2.75, 3.05) is 9.62 Å². The molecule has 0 saturated carbocycles. The molecule has 1 atom stereocenters. The molecule has 0 aliphatic carbocycles.